The molecule has 0 atom stereocenters. The lowest BCUT2D eigenvalue weighted by atomic mass is 9.86. The SMILES string of the molecule is Nc1noc(C2CCCCCCC2)c1-c1ccc(F)cc1. The number of hydrogen-bond acceptors (Lipinski definition) is 3. The predicted octanol–water partition coefficient (Wildman–Crippen LogP) is 4.89. The largest absolute Gasteiger partial charge is 0.380 e. The van der Waals surface area contributed by atoms with E-state index in [1.807, 2.05) is 0 Å². The van der Waals surface area contributed by atoms with E-state index < -0.39 is 0 Å². The van der Waals surface area contributed by atoms with Gasteiger partial charge in [-0.15, -0.1) is 0 Å². The van der Waals surface area contributed by atoms with Gasteiger partial charge in [-0.2, -0.15) is 0 Å². The van der Waals surface area contributed by atoms with E-state index in [1.165, 1.54) is 44.2 Å². The minimum atomic E-state index is -0.249. The van der Waals surface area contributed by atoms with Gasteiger partial charge in [-0.05, 0) is 30.5 Å². The molecule has 0 radical (unpaired) electrons. The summed E-state index contributed by atoms with van der Waals surface area (Å²) in [5.74, 6) is 1.40. The summed E-state index contributed by atoms with van der Waals surface area (Å²) in [6.07, 6.45) is 8.56. The van der Waals surface area contributed by atoms with Gasteiger partial charge in [-0.25, -0.2) is 4.39 Å². The third-order valence-electron chi connectivity index (χ3n) is 4.35. The molecule has 4 heteroatoms. The monoisotopic (exact) mass is 288 g/mol. The quantitative estimate of drug-likeness (QED) is 0.855. The minimum Gasteiger partial charge on any atom is -0.380 e. The molecule has 0 unspecified atom stereocenters. The van der Waals surface area contributed by atoms with Crippen LogP contribution in [0.15, 0.2) is 28.8 Å². The first-order chi connectivity index (χ1) is 10.3. The molecule has 0 saturated heterocycles. The summed E-state index contributed by atoms with van der Waals surface area (Å²) in [5.41, 5.74) is 7.72. The van der Waals surface area contributed by atoms with Crippen LogP contribution < -0.4 is 5.73 Å². The van der Waals surface area contributed by atoms with Crippen LogP contribution in [0.2, 0.25) is 0 Å². The van der Waals surface area contributed by atoms with E-state index in [0.717, 1.165) is 29.7 Å². The Bertz CT molecular complexity index is 583. The van der Waals surface area contributed by atoms with Gasteiger partial charge in [-0.3, -0.25) is 0 Å². The molecule has 2 aromatic rings. The zero-order valence-corrected chi connectivity index (χ0v) is 12.1. The van der Waals surface area contributed by atoms with Crippen LogP contribution in [-0.2, 0) is 0 Å². The number of anilines is 1. The number of nitrogens with zero attached hydrogens (tertiary/aromatic N) is 1. The van der Waals surface area contributed by atoms with Crippen LogP contribution in [-0.4, -0.2) is 5.16 Å². The van der Waals surface area contributed by atoms with Gasteiger partial charge < -0.3 is 10.3 Å². The fourth-order valence-electron chi connectivity index (χ4n) is 3.22. The Kier molecular flexibility index (Phi) is 4.23. The summed E-state index contributed by atoms with van der Waals surface area (Å²) in [6, 6.07) is 6.38. The molecule has 0 aliphatic heterocycles. The first-order valence-corrected chi connectivity index (χ1v) is 7.76. The van der Waals surface area contributed by atoms with Crippen molar-refractivity contribution in [3.63, 3.8) is 0 Å². The molecule has 112 valence electrons. The fourth-order valence-corrected chi connectivity index (χ4v) is 3.22. The molecule has 0 amide bonds. The summed E-state index contributed by atoms with van der Waals surface area (Å²) in [7, 11) is 0. The van der Waals surface area contributed by atoms with Gasteiger partial charge in [0.25, 0.3) is 0 Å². The lowest BCUT2D eigenvalue weighted by Crippen LogP contribution is -2.03. The van der Waals surface area contributed by atoms with Crippen molar-refractivity contribution in [2.45, 2.75) is 50.9 Å². The van der Waals surface area contributed by atoms with Crippen molar-refractivity contribution in [2.75, 3.05) is 5.73 Å². The number of rotatable bonds is 2. The van der Waals surface area contributed by atoms with E-state index >= 15 is 0 Å². The molecule has 1 aromatic heterocycles. The van der Waals surface area contributed by atoms with Gasteiger partial charge in [0.05, 0.1) is 5.56 Å². The highest BCUT2D eigenvalue weighted by Gasteiger charge is 2.24. The van der Waals surface area contributed by atoms with Crippen LogP contribution >= 0.6 is 0 Å². The number of halogens is 1. The van der Waals surface area contributed by atoms with Gasteiger partial charge in [-0.1, -0.05) is 49.4 Å². The summed E-state index contributed by atoms with van der Waals surface area (Å²) >= 11 is 0. The number of hydrogen-bond donors (Lipinski definition) is 1. The molecule has 1 heterocycles. The molecule has 1 aliphatic rings. The third kappa shape index (κ3) is 3.09. The van der Waals surface area contributed by atoms with Crippen LogP contribution in [0.25, 0.3) is 11.1 Å². The molecule has 3 rings (SSSR count). The van der Waals surface area contributed by atoms with Crippen molar-refractivity contribution < 1.29 is 8.91 Å². The van der Waals surface area contributed by atoms with E-state index in [-0.39, 0.29) is 5.82 Å². The molecule has 1 aliphatic carbocycles. The van der Waals surface area contributed by atoms with Crippen molar-refractivity contribution >= 4 is 5.82 Å². The lowest BCUT2D eigenvalue weighted by molar-refractivity contribution is 0.332. The van der Waals surface area contributed by atoms with E-state index in [0.29, 0.717) is 11.7 Å². The molecule has 21 heavy (non-hydrogen) atoms. The number of nitrogens with two attached hydrogens (primary N) is 1. The average Bonchev–Trinajstić information content (AvgIpc) is 2.81. The smallest absolute Gasteiger partial charge is 0.175 e. The Morgan fingerprint density at radius 3 is 2.29 bits per heavy atom. The summed E-state index contributed by atoms with van der Waals surface area (Å²) in [4.78, 5) is 0. The van der Waals surface area contributed by atoms with Crippen LogP contribution in [0.5, 0.6) is 0 Å². The zero-order valence-electron chi connectivity index (χ0n) is 12.1. The van der Waals surface area contributed by atoms with Crippen LogP contribution in [0.4, 0.5) is 10.2 Å². The molecule has 1 aromatic carbocycles. The molecular formula is C17H21FN2O. The Hall–Kier alpha value is -1.84. The number of nitrogen functional groups attached to an aromatic ring is 1. The maximum atomic E-state index is 13.1. The normalized spacial score (nSPS) is 17.4. The summed E-state index contributed by atoms with van der Waals surface area (Å²) in [6.45, 7) is 0. The summed E-state index contributed by atoms with van der Waals surface area (Å²) in [5, 5.41) is 3.95. The van der Waals surface area contributed by atoms with Crippen molar-refractivity contribution in [1.29, 1.82) is 0 Å². The highest BCUT2D eigenvalue weighted by atomic mass is 19.1. The van der Waals surface area contributed by atoms with Crippen molar-refractivity contribution in [3.05, 3.63) is 35.8 Å². The molecule has 1 saturated carbocycles. The third-order valence-corrected chi connectivity index (χ3v) is 4.35. The molecule has 0 spiro atoms. The zero-order chi connectivity index (χ0) is 14.7. The van der Waals surface area contributed by atoms with Gasteiger partial charge in [0.15, 0.2) is 5.82 Å². The van der Waals surface area contributed by atoms with Crippen molar-refractivity contribution in [2.24, 2.45) is 0 Å². The highest BCUT2D eigenvalue weighted by molar-refractivity contribution is 5.75. The van der Waals surface area contributed by atoms with E-state index in [9.17, 15) is 4.39 Å². The van der Waals surface area contributed by atoms with E-state index in [4.69, 9.17) is 10.3 Å². The first-order valence-electron chi connectivity index (χ1n) is 7.76. The summed E-state index contributed by atoms with van der Waals surface area (Å²) < 4.78 is 18.7. The first kappa shape index (κ1) is 14.1. The topological polar surface area (TPSA) is 52.0 Å². The fraction of sp³-hybridized carbons (Fsp3) is 0.471. The minimum absolute atomic E-state index is 0.249. The molecular weight excluding hydrogens is 267 g/mol. The van der Waals surface area contributed by atoms with Gasteiger partial charge >= 0.3 is 0 Å². The maximum Gasteiger partial charge on any atom is 0.175 e. The van der Waals surface area contributed by atoms with Crippen LogP contribution in [0, 0.1) is 5.82 Å². The Labute approximate surface area is 124 Å². The van der Waals surface area contributed by atoms with E-state index in [1.54, 1.807) is 12.1 Å². The highest BCUT2D eigenvalue weighted by Crippen LogP contribution is 2.39. The van der Waals surface area contributed by atoms with Crippen LogP contribution in [0.1, 0.15) is 56.6 Å². The Morgan fingerprint density at radius 2 is 1.62 bits per heavy atom. The molecule has 0 bridgehead atoms. The van der Waals surface area contributed by atoms with Crippen molar-refractivity contribution in [3.8, 4) is 11.1 Å². The van der Waals surface area contributed by atoms with E-state index in [2.05, 4.69) is 5.16 Å². The van der Waals surface area contributed by atoms with Gasteiger partial charge in [0.1, 0.15) is 11.6 Å². The average molecular weight is 288 g/mol. The predicted molar refractivity (Wildman–Crippen MR) is 81.4 cm³/mol. The maximum absolute atomic E-state index is 13.1. The van der Waals surface area contributed by atoms with Crippen LogP contribution in [0.3, 0.4) is 0 Å². The Morgan fingerprint density at radius 1 is 1.00 bits per heavy atom. The second-order valence-corrected chi connectivity index (χ2v) is 5.86. The second-order valence-electron chi connectivity index (χ2n) is 5.86. The number of benzene rings is 1. The van der Waals surface area contributed by atoms with Gasteiger partial charge in [0.2, 0.25) is 0 Å². The molecule has 1 fully saturated rings. The van der Waals surface area contributed by atoms with Gasteiger partial charge in [0, 0.05) is 5.92 Å². The standard InChI is InChI=1S/C17H21FN2O/c18-14-10-8-12(9-11-14)15-16(21-20-17(15)19)13-6-4-2-1-3-5-7-13/h8-11,13H,1-7H2,(H2,19,20). The molecule has 2 N–H and O–H groups in total. The lowest BCUT2D eigenvalue weighted by Gasteiger charge is -2.18. The molecule has 3 nitrogen and oxygen atoms in total. The number of aromatic nitrogens is 1. The van der Waals surface area contributed by atoms with Crippen molar-refractivity contribution in [1.82, 2.24) is 5.16 Å². The second kappa shape index (κ2) is 6.29. The Balaban J connectivity index is 1.93.